The molecule has 7 heteroatoms. The number of aromatic nitrogens is 1. The van der Waals surface area contributed by atoms with E-state index in [2.05, 4.69) is 4.98 Å². The van der Waals surface area contributed by atoms with E-state index in [0.717, 1.165) is 33.3 Å². The molecule has 4 aromatic rings. The summed E-state index contributed by atoms with van der Waals surface area (Å²) in [5.41, 5.74) is 4.52. The lowest BCUT2D eigenvalue weighted by Gasteiger charge is -2.24. The number of aryl methyl sites for hydroxylation is 2. The molecule has 0 unspecified atom stereocenters. The highest BCUT2D eigenvalue weighted by molar-refractivity contribution is 5.95. The highest BCUT2D eigenvalue weighted by Gasteiger charge is 2.21. The average molecular weight is 487 g/mol. The van der Waals surface area contributed by atoms with Crippen LogP contribution < -0.4 is 19.8 Å². The predicted octanol–water partition coefficient (Wildman–Crippen LogP) is 5.01. The molecule has 0 spiro atoms. The Bertz CT molecular complexity index is 1460. The monoisotopic (exact) mass is 486 g/mol. The van der Waals surface area contributed by atoms with Crippen LogP contribution in [0.25, 0.3) is 10.9 Å². The Kier molecular flexibility index (Phi) is 7.29. The molecule has 1 amide bonds. The summed E-state index contributed by atoms with van der Waals surface area (Å²) < 4.78 is 16.0. The molecule has 0 radical (unpaired) electrons. The molecule has 0 fully saturated rings. The van der Waals surface area contributed by atoms with Crippen molar-refractivity contribution >= 4 is 16.8 Å². The molecule has 0 aliphatic rings. The SMILES string of the molecule is COc1ccc(CN(Cc2cc3c(C)ccc(C)c3[nH]c2=O)C(=O)c2ccc(OC)c(OC)c2)cc1. The lowest BCUT2D eigenvalue weighted by atomic mass is 10.0. The lowest BCUT2D eigenvalue weighted by Crippen LogP contribution is -2.32. The van der Waals surface area contributed by atoms with Crippen molar-refractivity contribution in [3.63, 3.8) is 0 Å². The molecule has 0 aliphatic heterocycles. The van der Waals surface area contributed by atoms with Gasteiger partial charge in [-0.15, -0.1) is 0 Å². The molecule has 1 heterocycles. The van der Waals surface area contributed by atoms with Crippen molar-refractivity contribution in [2.75, 3.05) is 21.3 Å². The molecule has 0 saturated heterocycles. The second kappa shape index (κ2) is 10.6. The third-order valence-electron chi connectivity index (χ3n) is 6.33. The van der Waals surface area contributed by atoms with Gasteiger partial charge in [-0.05, 0) is 66.9 Å². The molecule has 0 bridgehead atoms. The minimum Gasteiger partial charge on any atom is -0.497 e. The smallest absolute Gasteiger partial charge is 0.254 e. The van der Waals surface area contributed by atoms with Crippen LogP contribution in [-0.2, 0) is 13.1 Å². The molecule has 0 atom stereocenters. The summed E-state index contributed by atoms with van der Waals surface area (Å²) in [6.45, 7) is 4.42. The Morgan fingerprint density at radius 1 is 0.806 bits per heavy atom. The molecule has 7 nitrogen and oxygen atoms in total. The summed E-state index contributed by atoms with van der Waals surface area (Å²) in [6.07, 6.45) is 0. The number of aromatic amines is 1. The van der Waals surface area contributed by atoms with E-state index in [-0.39, 0.29) is 18.0 Å². The van der Waals surface area contributed by atoms with Crippen molar-refractivity contribution in [3.05, 3.63) is 98.8 Å². The molecule has 3 aromatic carbocycles. The number of carbonyl (C=O) groups is 1. The maximum Gasteiger partial charge on any atom is 0.254 e. The summed E-state index contributed by atoms with van der Waals surface area (Å²) in [5, 5.41) is 0.965. The molecule has 0 aliphatic carbocycles. The van der Waals surface area contributed by atoms with Crippen molar-refractivity contribution in [2.24, 2.45) is 0 Å². The zero-order valence-electron chi connectivity index (χ0n) is 21.2. The van der Waals surface area contributed by atoms with E-state index in [1.54, 1.807) is 37.3 Å². The van der Waals surface area contributed by atoms with Crippen LogP contribution in [0.15, 0.2) is 65.5 Å². The Morgan fingerprint density at radius 2 is 1.50 bits per heavy atom. The summed E-state index contributed by atoms with van der Waals surface area (Å²) in [7, 11) is 4.68. The third kappa shape index (κ3) is 5.05. The number of hydrogen-bond donors (Lipinski definition) is 1. The highest BCUT2D eigenvalue weighted by atomic mass is 16.5. The number of hydrogen-bond acceptors (Lipinski definition) is 5. The zero-order valence-corrected chi connectivity index (χ0v) is 21.2. The van der Waals surface area contributed by atoms with Crippen LogP contribution in [0.2, 0.25) is 0 Å². The number of carbonyl (C=O) groups excluding carboxylic acids is 1. The van der Waals surface area contributed by atoms with Crippen LogP contribution in [0.1, 0.15) is 32.6 Å². The first-order chi connectivity index (χ1) is 17.3. The second-order valence-electron chi connectivity index (χ2n) is 8.69. The number of fused-ring (bicyclic) bond motifs is 1. The summed E-state index contributed by atoms with van der Waals surface area (Å²) >= 11 is 0. The van der Waals surface area contributed by atoms with Crippen LogP contribution in [0.3, 0.4) is 0 Å². The van der Waals surface area contributed by atoms with Crippen LogP contribution in [0, 0.1) is 13.8 Å². The molecule has 0 saturated carbocycles. The number of nitrogens with zero attached hydrogens (tertiary/aromatic N) is 1. The van der Waals surface area contributed by atoms with Gasteiger partial charge in [0.1, 0.15) is 5.75 Å². The maximum absolute atomic E-state index is 13.7. The fourth-order valence-electron chi connectivity index (χ4n) is 4.24. The topological polar surface area (TPSA) is 80.9 Å². The second-order valence-corrected chi connectivity index (χ2v) is 8.69. The Hall–Kier alpha value is -4.26. The largest absolute Gasteiger partial charge is 0.497 e. The zero-order chi connectivity index (χ0) is 25.8. The van der Waals surface area contributed by atoms with Gasteiger partial charge in [0.15, 0.2) is 11.5 Å². The summed E-state index contributed by atoms with van der Waals surface area (Å²) in [4.78, 5) is 31.5. The Balaban J connectivity index is 1.75. The molecular formula is C29H30N2O5. The number of ether oxygens (including phenoxy) is 3. The van der Waals surface area contributed by atoms with E-state index < -0.39 is 0 Å². The third-order valence-corrected chi connectivity index (χ3v) is 6.33. The quantitative estimate of drug-likeness (QED) is 0.379. The summed E-state index contributed by atoms with van der Waals surface area (Å²) in [5.74, 6) is 1.50. The van der Waals surface area contributed by atoms with Gasteiger partial charge in [-0.25, -0.2) is 0 Å². The van der Waals surface area contributed by atoms with Crippen molar-refractivity contribution in [3.8, 4) is 17.2 Å². The average Bonchev–Trinajstić information content (AvgIpc) is 2.90. The molecule has 4 rings (SSSR count). The van der Waals surface area contributed by atoms with Crippen LogP contribution in [-0.4, -0.2) is 37.1 Å². The fraction of sp³-hybridized carbons (Fsp3) is 0.241. The number of rotatable bonds is 8. The van der Waals surface area contributed by atoms with Gasteiger partial charge in [0.25, 0.3) is 11.5 Å². The first-order valence-corrected chi connectivity index (χ1v) is 11.6. The molecule has 186 valence electrons. The fourth-order valence-corrected chi connectivity index (χ4v) is 4.24. The predicted molar refractivity (Wildman–Crippen MR) is 140 cm³/mol. The minimum atomic E-state index is -0.229. The van der Waals surface area contributed by atoms with Crippen molar-refractivity contribution < 1.29 is 19.0 Å². The standard InChI is InChI=1S/C29H30N2O5/c1-18-6-7-19(2)27-24(18)14-22(28(32)30-27)17-31(16-20-8-11-23(34-3)12-9-20)29(33)21-10-13-25(35-4)26(15-21)36-5/h6-15H,16-17H2,1-5H3,(H,30,32). The lowest BCUT2D eigenvalue weighted by molar-refractivity contribution is 0.0729. The van der Waals surface area contributed by atoms with Crippen molar-refractivity contribution in [2.45, 2.75) is 26.9 Å². The molecular weight excluding hydrogens is 456 g/mol. The van der Waals surface area contributed by atoms with Gasteiger partial charge in [-0.2, -0.15) is 0 Å². The van der Waals surface area contributed by atoms with E-state index in [9.17, 15) is 9.59 Å². The van der Waals surface area contributed by atoms with E-state index >= 15 is 0 Å². The van der Waals surface area contributed by atoms with E-state index in [4.69, 9.17) is 14.2 Å². The van der Waals surface area contributed by atoms with Gasteiger partial charge >= 0.3 is 0 Å². The normalized spacial score (nSPS) is 10.8. The molecule has 1 aromatic heterocycles. The van der Waals surface area contributed by atoms with E-state index in [0.29, 0.717) is 29.2 Å². The van der Waals surface area contributed by atoms with Gasteiger partial charge in [0.05, 0.1) is 33.4 Å². The minimum absolute atomic E-state index is 0.137. The van der Waals surface area contributed by atoms with Crippen LogP contribution >= 0.6 is 0 Å². The van der Waals surface area contributed by atoms with Gasteiger partial charge in [-0.3, -0.25) is 9.59 Å². The number of nitrogens with one attached hydrogen (secondary N) is 1. The molecule has 36 heavy (non-hydrogen) atoms. The van der Waals surface area contributed by atoms with Gasteiger partial charge in [-0.1, -0.05) is 24.3 Å². The number of benzene rings is 3. The first-order valence-electron chi connectivity index (χ1n) is 11.6. The maximum atomic E-state index is 13.7. The number of methoxy groups -OCH3 is 3. The molecule has 1 N–H and O–H groups in total. The van der Waals surface area contributed by atoms with Gasteiger partial charge in [0.2, 0.25) is 0 Å². The Labute approximate surface area is 210 Å². The van der Waals surface area contributed by atoms with E-state index in [1.807, 2.05) is 56.3 Å². The first kappa shape index (κ1) is 24.9. The number of amides is 1. The number of pyridine rings is 1. The Morgan fingerprint density at radius 3 is 2.17 bits per heavy atom. The number of H-pyrrole nitrogens is 1. The van der Waals surface area contributed by atoms with Crippen LogP contribution in [0.5, 0.6) is 17.2 Å². The summed E-state index contributed by atoms with van der Waals surface area (Å²) in [6, 6.07) is 18.5. The van der Waals surface area contributed by atoms with E-state index in [1.165, 1.54) is 7.11 Å². The van der Waals surface area contributed by atoms with Gasteiger partial charge in [0, 0.05) is 23.1 Å². The van der Waals surface area contributed by atoms with Crippen molar-refractivity contribution in [1.29, 1.82) is 0 Å². The van der Waals surface area contributed by atoms with Crippen molar-refractivity contribution in [1.82, 2.24) is 9.88 Å². The van der Waals surface area contributed by atoms with Crippen LogP contribution in [0.4, 0.5) is 0 Å². The van der Waals surface area contributed by atoms with Gasteiger partial charge < -0.3 is 24.1 Å². The highest BCUT2D eigenvalue weighted by Crippen LogP contribution is 2.29.